The monoisotopic (exact) mass is 222 g/mol. The Morgan fingerprint density at radius 2 is 2.19 bits per heavy atom. The number of nitrogens with two attached hydrogens (primary N) is 1. The predicted molar refractivity (Wildman–Crippen MR) is 64.9 cm³/mol. The largest absolute Gasteiger partial charge is 0.368 e. The van der Waals surface area contributed by atoms with Crippen LogP contribution in [-0.4, -0.2) is 12.6 Å². The molecule has 1 aliphatic heterocycles. The van der Waals surface area contributed by atoms with Gasteiger partial charge in [-0.05, 0) is 31.4 Å². The Kier molecular flexibility index (Phi) is 3.15. The number of rotatable bonds is 2. The highest BCUT2D eigenvalue weighted by molar-refractivity contribution is 5.55. The lowest BCUT2D eigenvalue weighted by Gasteiger charge is -2.26. The van der Waals surface area contributed by atoms with Crippen molar-refractivity contribution >= 4 is 5.69 Å². The molecule has 0 spiro atoms. The first kappa shape index (κ1) is 11.4. The SMILES string of the molecule is CC1CC(C)N(c2cccc(F)c2CN)C1. The molecule has 1 heterocycles. The molecule has 2 nitrogen and oxygen atoms in total. The second kappa shape index (κ2) is 4.42. The van der Waals surface area contributed by atoms with Gasteiger partial charge < -0.3 is 10.6 Å². The van der Waals surface area contributed by atoms with Gasteiger partial charge in [0.1, 0.15) is 5.82 Å². The molecule has 2 N–H and O–H groups in total. The maximum absolute atomic E-state index is 13.6. The maximum Gasteiger partial charge on any atom is 0.129 e. The zero-order chi connectivity index (χ0) is 11.7. The summed E-state index contributed by atoms with van der Waals surface area (Å²) in [5.41, 5.74) is 7.25. The van der Waals surface area contributed by atoms with Gasteiger partial charge >= 0.3 is 0 Å². The molecule has 2 unspecified atom stereocenters. The van der Waals surface area contributed by atoms with Gasteiger partial charge in [-0.15, -0.1) is 0 Å². The fourth-order valence-electron chi connectivity index (χ4n) is 2.65. The van der Waals surface area contributed by atoms with Crippen molar-refractivity contribution in [1.82, 2.24) is 0 Å². The Morgan fingerprint density at radius 1 is 1.44 bits per heavy atom. The van der Waals surface area contributed by atoms with Crippen molar-refractivity contribution in [3.63, 3.8) is 0 Å². The highest BCUT2D eigenvalue weighted by Crippen LogP contribution is 2.31. The summed E-state index contributed by atoms with van der Waals surface area (Å²) in [6.07, 6.45) is 1.17. The van der Waals surface area contributed by atoms with Gasteiger partial charge in [0.2, 0.25) is 0 Å². The van der Waals surface area contributed by atoms with Gasteiger partial charge in [-0.1, -0.05) is 13.0 Å². The van der Waals surface area contributed by atoms with Crippen molar-refractivity contribution in [3.8, 4) is 0 Å². The molecule has 0 aliphatic carbocycles. The van der Waals surface area contributed by atoms with Gasteiger partial charge in [0.15, 0.2) is 0 Å². The summed E-state index contributed by atoms with van der Waals surface area (Å²) in [6, 6.07) is 5.69. The Bertz CT molecular complexity index is 378. The average Bonchev–Trinajstić information content (AvgIpc) is 2.57. The minimum atomic E-state index is -0.188. The predicted octanol–water partition coefficient (Wildman–Crippen LogP) is 2.52. The normalized spacial score (nSPS) is 25.1. The third-order valence-corrected chi connectivity index (χ3v) is 3.39. The molecule has 2 rings (SSSR count). The fourth-order valence-corrected chi connectivity index (χ4v) is 2.65. The van der Waals surface area contributed by atoms with Crippen LogP contribution >= 0.6 is 0 Å². The van der Waals surface area contributed by atoms with Gasteiger partial charge in [0.05, 0.1) is 0 Å². The summed E-state index contributed by atoms with van der Waals surface area (Å²) in [7, 11) is 0. The molecular weight excluding hydrogens is 203 g/mol. The molecule has 0 radical (unpaired) electrons. The van der Waals surface area contributed by atoms with E-state index in [9.17, 15) is 4.39 Å². The fraction of sp³-hybridized carbons (Fsp3) is 0.538. The first-order valence-corrected chi connectivity index (χ1v) is 5.87. The molecular formula is C13H19FN2. The molecule has 2 atom stereocenters. The molecule has 0 bridgehead atoms. The summed E-state index contributed by atoms with van der Waals surface area (Å²) in [5, 5.41) is 0. The van der Waals surface area contributed by atoms with E-state index in [1.807, 2.05) is 6.07 Å². The van der Waals surface area contributed by atoms with Crippen LogP contribution in [0, 0.1) is 11.7 Å². The molecule has 1 fully saturated rings. The van der Waals surface area contributed by atoms with E-state index < -0.39 is 0 Å². The number of halogens is 1. The highest BCUT2D eigenvalue weighted by Gasteiger charge is 2.27. The van der Waals surface area contributed by atoms with E-state index >= 15 is 0 Å². The standard InChI is InChI=1S/C13H19FN2/c1-9-6-10(2)16(8-9)13-5-3-4-12(14)11(13)7-15/h3-5,9-10H,6-8,15H2,1-2H3. The van der Waals surface area contributed by atoms with Crippen LogP contribution in [0.1, 0.15) is 25.8 Å². The number of hydrogen-bond acceptors (Lipinski definition) is 2. The number of nitrogens with zero attached hydrogens (tertiary/aromatic N) is 1. The van der Waals surface area contributed by atoms with Crippen molar-refractivity contribution in [2.24, 2.45) is 11.7 Å². The Balaban J connectivity index is 2.36. The summed E-state index contributed by atoms with van der Waals surface area (Å²) in [4.78, 5) is 2.27. The van der Waals surface area contributed by atoms with Crippen LogP contribution in [-0.2, 0) is 6.54 Å². The summed E-state index contributed by atoms with van der Waals surface area (Å²) in [6.45, 7) is 5.68. The van der Waals surface area contributed by atoms with E-state index in [4.69, 9.17) is 5.73 Å². The molecule has 0 aromatic heterocycles. The first-order chi connectivity index (χ1) is 7.63. The molecule has 3 heteroatoms. The van der Waals surface area contributed by atoms with Crippen molar-refractivity contribution in [2.45, 2.75) is 32.9 Å². The van der Waals surface area contributed by atoms with Gasteiger partial charge in [0.25, 0.3) is 0 Å². The summed E-state index contributed by atoms with van der Waals surface area (Å²) < 4.78 is 13.6. The summed E-state index contributed by atoms with van der Waals surface area (Å²) in [5.74, 6) is 0.482. The van der Waals surface area contributed by atoms with Gasteiger partial charge in [0, 0.05) is 30.4 Å². The average molecular weight is 222 g/mol. The van der Waals surface area contributed by atoms with Gasteiger partial charge in [-0.25, -0.2) is 4.39 Å². The second-order valence-corrected chi connectivity index (χ2v) is 4.78. The molecule has 88 valence electrons. The van der Waals surface area contributed by atoms with Crippen LogP contribution in [0.25, 0.3) is 0 Å². The lowest BCUT2D eigenvalue weighted by atomic mass is 10.1. The highest BCUT2D eigenvalue weighted by atomic mass is 19.1. The van der Waals surface area contributed by atoms with E-state index in [0.717, 1.165) is 12.2 Å². The quantitative estimate of drug-likeness (QED) is 0.833. The zero-order valence-corrected chi connectivity index (χ0v) is 9.91. The van der Waals surface area contributed by atoms with Crippen molar-refractivity contribution < 1.29 is 4.39 Å². The lowest BCUT2D eigenvalue weighted by Crippen LogP contribution is -2.28. The molecule has 0 amide bonds. The molecule has 1 saturated heterocycles. The third kappa shape index (κ3) is 1.92. The Hall–Kier alpha value is -1.09. The van der Waals surface area contributed by atoms with E-state index in [1.54, 1.807) is 6.07 Å². The topological polar surface area (TPSA) is 29.3 Å². The molecule has 1 aromatic rings. The van der Waals surface area contributed by atoms with Crippen molar-refractivity contribution in [3.05, 3.63) is 29.6 Å². The smallest absolute Gasteiger partial charge is 0.129 e. The summed E-state index contributed by atoms with van der Waals surface area (Å²) >= 11 is 0. The van der Waals surface area contributed by atoms with Crippen LogP contribution in [0.4, 0.5) is 10.1 Å². The minimum Gasteiger partial charge on any atom is -0.368 e. The van der Waals surface area contributed by atoms with Crippen LogP contribution in [0.3, 0.4) is 0 Å². The Labute approximate surface area is 96.2 Å². The molecule has 16 heavy (non-hydrogen) atoms. The maximum atomic E-state index is 13.6. The van der Waals surface area contributed by atoms with Crippen LogP contribution in [0.15, 0.2) is 18.2 Å². The molecule has 0 saturated carbocycles. The van der Waals surface area contributed by atoms with E-state index in [2.05, 4.69) is 18.7 Å². The van der Waals surface area contributed by atoms with Crippen molar-refractivity contribution in [1.29, 1.82) is 0 Å². The van der Waals surface area contributed by atoms with Crippen LogP contribution < -0.4 is 10.6 Å². The van der Waals surface area contributed by atoms with Crippen LogP contribution in [0.2, 0.25) is 0 Å². The number of benzene rings is 1. The first-order valence-electron chi connectivity index (χ1n) is 5.87. The third-order valence-electron chi connectivity index (χ3n) is 3.39. The molecule has 1 aliphatic rings. The van der Waals surface area contributed by atoms with E-state index in [-0.39, 0.29) is 12.4 Å². The van der Waals surface area contributed by atoms with Crippen molar-refractivity contribution in [2.75, 3.05) is 11.4 Å². The minimum absolute atomic E-state index is 0.188. The number of anilines is 1. The van der Waals surface area contributed by atoms with E-state index in [1.165, 1.54) is 12.5 Å². The zero-order valence-electron chi connectivity index (χ0n) is 9.91. The van der Waals surface area contributed by atoms with Gasteiger partial charge in [-0.3, -0.25) is 0 Å². The lowest BCUT2D eigenvalue weighted by molar-refractivity contribution is 0.607. The van der Waals surface area contributed by atoms with Crippen LogP contribution in [0.5, 0.6) is 0 Å². The van der Waals surface area contributed by atoms with Gasteiger partial charge in [-0.2, -0.15) is 0 Å². The van der Waals surface area contributed by atoms with E-state index in [0.29, 0.717) is 17.5 Å². The second-order valence-electron chi connectivity index (χ2n) is 4.78. The Morgan fingerprint density at radius 3 is 2.75 bits per heavy atom. The number of hydrogen-bond donors (Lipinski definition) is 1. The molecule has 1 aromatic carbocycles.